The molecule has 0 aliphatic heterocycles. The normalized spacial score (nSPS) is 12.9. The molecule has 108 valence electrons. The van der Waals surface area contributed by atoms with E-state index in [0.29, 0.717) is 10.7 Å². The zero-order valence-electron chi connectivity index (χ0n) is 11.1. The highest BCUT2D eigenvalue weighted by atomic mass is 35.5. The number of nitrogens with zero attached hydrogens (tertiary/aromatic N) is 2. The predicted molar refractivity (Wildman–Crippen MR) is 72.6 cm³/mol. The fourth-order valence-corrected chi connectivity index (χ4v) is 2.32. The molecule has 0 bridgehead atoms. The molecule has 0 fully saturated rings. The molecule has 0 aliphatic carbocycles. The van der Waals surface area contributed by atoms with E-state index in [1.54, 1.807) is 4.68 Å². The highest BCUT2D eigenvalue weighted by molar-refractivity contribution is 6.31. The molecule has 3 nitrogen and oxygen atoms in total. The highest BCUT2D eigenvalue weighted by Gasteiger charge is 2.21. The van der Waals surface area contributed by atoms with E-state index in [1.807, 2.05) is 13.8 Å². The lowest BCUT2D eigenvalue weighted by atomic mass is 10.0. The minimum Gasteiger partial charge on any atom is -0.386 e. The van der Waals surface area contributed by atoms with Crippen molar-refractivity contribution in [2.24, 2.45) is 0 Å². The fraction of sp³-hybridized carbons (Fsp3) is 0.357. The van der Waals surface area contributed by atoms with Crippen LogP contribution in [0.3, 0.4) is 0 Å². The van der Waals surface area contributed by atoms with E-state index in [9.17, 15) is 13.9 Å². The Morgan fingerprint density at radius 1 is 1.35 bits per heavy atom. The molecule has 1 N–H and O–H groups in total. The van der Waals surface area contributed by atoms with Gasteiger partial charge in [0.1, 0.15) is 17.7 Å². The van der Waals surface area contributed by atoms with E-state index >= 15 is 0 Å². The number of benzene rings is 1. The van der Waals surface area contributed by atoms with Crippen LogP contribution in [0.5, 0.6) is 0 Å². The second-order valence-corrected chi connectivity index (χ2v) is 5.28. The summed E-state index contributed by atoms with van der Waals surface area (Å²) in [5.74, 6) is -1.33. The molecule has 6 heteroatoms. The molecule has 1 unspecified atom stereocenters. The Hall–Kier alpha value is -1.46. The van der Waals surface area contributed by atoms with E-state index in [4.69, 9.17) is 11.6 Å². The van der Waals surface area contributed by atoms with Crippen molar-refractivity contribution < 1.29 is 13.9 Å². The molecule has 1 heterocycles. The minimum atomic E-state index is -1.01. The van der Waals surface area contributed by atoms with Gasteiger partial charge >= 0.3 is 0 Å². The van der Waals surface area contributed by atoms with Crippen molar-refractivity contribution in [3.05, 3.63) is 52.3 Å². The van der Waals surface area contributed by atoms with Gasteiger partial charge in [-0.3, -0.25) is 4.68 Å². The first kappa shape index (κ1) is 14.9. The monoisotopic (exact) mass is 300 g/mol. The third-order valence-electron chi connectivity index (χ3n) is 3.02. The van der Waals surface area contributed by atoms with Gasteiger partial charge < -0.3 is 5.11 Å². The highest BCUT2D eigenvalue weighted by Crippen LogP contribution is 2.28. The van der Waals surface area contributed by atoms with E-state index in [-0.39, 0.29) is 18.0 Å². The Bertz CT molecular complexity index is 613. The summed E-state index contributed by atoms with van der Waals surface area (Å²) in [6.07, 6.45) is 0.443. The average molecular weight is 301 g/mol. The Balaban J connectivity index is 2.28. The predicted octanol–water partition coefficient (Wildman–Crippen LogP) is 3.67. The van der Waals surface area contributed by atoms with Gasteiger partial charge in [0.25, 0.3) is 0 Å². The third-order valence-corrected chi connectivity index (χ3v) is 3.31. The van der Waals surface area contributed by atoms with Crippen molar-refractivity contribution in [3.63, 3.8) is 0 Å². The van der Waals surface area contributed by atoms with Gasteiger partial charge in [-0.1, -0.05) is 17.7 Å². The van der Waals surface area contributed by atoms with Crippen molar-refractivity contribution >= 4 is 11.6 Å². The van der Waals surface area contributed by atoms with Crippen molar-refractivity contribution in [1.29, 1.82) is 0 Å². The SMILES string of the molecule is CC(C)n1ncc(Cl)c1C(O)Cc1ccc(F)cc1F. The van der Waals surface area contributed by atoms with Crippen LogP contribution in [0.1, 0.15) is 37.3 Å². The number of aliphatic hydroxyl groups is 1. The van der Waals surface area contributed by atoms with Crippen LogP contribution >= 0.6 is 11.6 Å². The van der Waals surface area contributed by atoms with Gasteiger partial charge in [0.2, 0.25) is 0 Å². The lowest BCUT2D eigenvalue weighted by molar-refractivity contribution is 0.163. The van der Waals surface area contributed by atoms with E-state index < -0.39 is 17.7 Å². The standard InChI is InChI=1S/C14H15ClF2N2O/c1-8(2)19-14(11(15)7-18-19)13(20)5-9-3-4-10(16)6-12(9)17/h3-4,6-8,13,20H,5H2,1-2H3. The van der Waals surface area contributed by atoms with Gasteiger partial charge in [-0.15, -0.1) is 0 Å². The average Bonchev–Trinajstić information content (AvgIpc) is 2.75. The van der Waals surface area contributed by atoms with Crippen LogP contribution in [0.4, 0.5) is 8.78 Å². The summed E-state index contributed by atoms with van der Waals surface area (Å²) >= 11 is 6.02. The first-order valence-corrected chi connectivity index (χ1v) is 6.63. The summed E-state index contributed by atoms with van der Waals surface area (Å²) in [6.45, 7) is 3.80. The first-order chi connectivity index (χ1) is 9.40. The smallest absolute Gasteiger partial charge is 0.129 e. The summed E-state index contributed by atoms with van der Waals surface area (Å²) in [4.78, 5) is 0. The van der Waals surface area contributed by atoms with Crippen LogP contribution in [-0.2, 0) is 6.42 Å². The van der Waals surface area contributed by atoms with Crippen molar-refractivity contribution in [2.75, 3.05) is 0 Å². The van der Waals surface area contributed by atoms with Crippen molar-refractivity contribution in [2.45, 2.75) is 32.4 Å². The Morgan fingerprint density at radius 2 is 2.05 bits per heavy atom. The lowest BCUT2D eigenvalue weighted by Crippen LogP contribution is -2.14. The molecular formula is C14H15ClF2N2O. The molecule has 0 radical (unpaired) electrons. The van der Waals surface area contributed by atoms with Crippen LogP contribution in [0.2, 0.25) is 5.02 Å². The molecule has 1 aromatic carbocycles. The number of hydrogen-bond donors (Lipinski definition) is 1. The number of halogens is 3. The summed E-state index contributed by atoms with van der Waals surface area (Å²) in [6, 6.07) is 3.29. The van der Waals surface area contributed by atoms with Gasteiger partial charge in [-0.25, -0.2) is 8.78 Å². The number of hydrogen-bond acceptors (Lipinski definition) is 2. The number of aromatic nitrogens is 2. The maximum Gasteiger partial charge on any atom is 0.129 e. The second kappa shape index (κ2) is 5.89. The third kappa shape index (κ3) is 2.99. The maximum absolute atomic E-state index is 13.6. The topological polar surface area (TPSA) is 38.0 Å². The van der Waals surface area contributed by atoms with Crippen molar-refractivity contribution in [1.82, 2.24) is 9.78 Å². The van der Waals surface area contributed by atoms with Crippen LogP contribution in [0.15, 0.2) is 24.4 Å². The quantitative estimate of drug-likeness (QED) is 0.935. The van der Waals surface area contributed by atoms with Gasteiger partial charge in [0.15, 0.2) is 0 Å². The maximum atomic E-state index is 13.6. The minimum absolute atomic E-state index is 0.00421. The fourth-order valence-electron chi connectivity index (χ4n) is 2.07. The van der Waals surface area contributed by atoms with Crippen molar-refractivity contribution in [3.8, 4) is 0 Å². The summed E-state index contributed by atoms with van der Waals surface area (Å²) in [7, 11) is 0. The molecule has 0 saturated heterocycles. The number of aliphatic hydroxyl groups excluding tert-OH is 1. The lowest BCUT2D eigenvalue weighted by Gasteiger charge is -2.17. The number of rotatable bonds is 4. The molecule has 1 aromatic heterocycles. The summed E-state index contributed by atoms with van der Waals surface area (Å²) < 4.78 is 28.1. The molecule has 2 rings (SSSR count). The first-order valence-electron chi connectivity index (χ1n) is 6.25. The molecule has 2 aromatic rings. The largest absolute Gasteiger partial charge is 0.386 e. The molecule has 0 amide bonds. The Kier molecular flexibility index (Phi) is 4.40. The van der Waals surface area contributed by atoms with Crippen LogP contribution in [-0.4, -0.2) is 14.9 Å². The molecule has 0 spiro atoms. The van der Waals surface area contributed by atoms with Crippen LogP contribution < -0.4 is 0 Å². The van der Waals surface area contributed by atoms with Gasteiger partial charge in [-0.05, 0) is 25.5 Å². The zero-order chi connectivity index (χ0) is 14.9. The van der Waals surface area contributed by atoms with Gasteiger partial charge in [-0.2, -0.15) is 5.10 Å². The zero-order valence-corrected chi connectivity index (χ0v) is 11.9. The van der Waals surface area contributed by atoms with E-state index in [2.05, 4.69) is 5.10 Å². The van der Waals surface area contributed by atoms with E-state index in [1.165, 1.54) is 12.3 Å². The molecular weight excluding hydrogens is 286 g/mol. The molecule has 1 atom stereocenters. The van der Waals surface area contributed by atoms with E-state index in [0.717, 1.165) is 12.1 Å². The molecule has 20 heavy (non-hydrogen) atoms. The van der Waals surface area contributed by atoms with Gasteiger partial charge in [0.05, 0.1) is 16.9 Å². The Labute approximate surface area is 120 Å². The molecule has 0 aliphatic rings. The molecule has 0 saturated carbocycles. The summed E-state index contributed by atoms with van der Waals surface area (Å²) in [5.41, 5.74) is 0.664. The Morgan fingerprint density at radius 3 is 2.65 bits per heavy atom. The summed E-state index contributed by atoms with van der Waals surface area (Å²) in [5, 5.41) is 14.7. The van der Waals surface area contributed by atoms with Crippen LogP contribution in [0.25, 0.3) is 0 Å². The second-order valence-electron chi connectivity index (χ2n) is 4.87. The van der Waals surface area contributed by atoms with Gasteiger partial charge in [0, 0.05) is 18.5 Å². The van der Waals surface area contributed by atoms with Crippen LogP contribution in [0, 0.1) is 11.6 Å².